The van der Waals surface area contributed by atoms with Gasteiger partial charge in [0, 0.05) is 22.1 Å². The first-order chi connectivity index (χ1) is 3.79. The third kappa shape index (κ3) is 2.11. The summed E-state index contributed by atoms with van der Waals surface area (Å²) >= 11 is 4.54. The van der Waals surface area contributed by atoms with E-state index in [1.165, 1.54) is 18.2 Å². The first kappa shape index (κ1) is 7.15. The van der Waals surface area contributed by atoms with Crippen molar-refractivity contribution in [2.45, 2.75) is 3.92 Å². The van der Waals surface area contributed by atoms with E-state index in [0.717, 1.165) is 3.92 Å². The summed E-state index contributed by atoms with van der Waals surface area (Å²) in [5, 5.41) is 0. The number of hydrogen-bond donors (Lipinski definition) is 0. The minimum Gasteiger partial charge on any atom is -0.296 e. The molecule has 1 rings (SSSR count). The summed E-state index contributed by atoms with van der Waals surface area (Å²) in [7, 11) is 2.18. The van der Waals surface area contributed by atoms with Gasteiger partial charge in [-0.15, -0.1) is 11.8 Å². The van der Waals surface area contributed by atoms with E-state index in [1.54, 1.807) is 0 Å². The predicted octanol–water partition coefficient (Wildman–Crippen LogP) is 1.43. The number of hydrogen-bond acceptors (Lipinski definition) is 2. The lowest BCUT2D eigenvalue weighted by Gasteiger charge is -2.25. The molecule has 0 aromatic rings. The molecule has 0 spiro atoms. The fraction of sp³-hybridized carbons (Fsp3) is 1.00. The van der Waals surface area contributed by atoms with Crippen molar-refractivity contribution in [1.29, 1.82) is 0 Å². The van der Waals surface area contributed by atoms with Crippen LogP contribution in [0, 0.1) is 0 Å². The number of thioether (sulfide) groups is 1. The SMILES string of the molecule is CN1CSCC(I)C1. The van der Waals surface area contributed by atoms with Crippen LogP contribution in [-0.2, 0) is 0 Å². The lowest BCUT2D eigenvalue weighted by Crippen LogP contribution is -2.31. The number of rotatable bonds is 0. The van der Waals surface area contributed by atoms with Crippen molar-refractivity contribution in [2.24, 2.45) is 0 Å². The van der Waals surface area contributed by atoms with E-state index in [-0.39, 0.29) is 0 Å². The molecule has 1 aliphatic rings. The lowest BCUT2D eigenvalue weighted by atomic mass is 10.4. The van der Waals surface area contributed by atoms with E-state index >= 15 is 0 Å². The highest BCUT2D eigenvalue weighted by molar-refractivity contribution is 14.1. The van der Waals surface area contributed by atoms with Gasteiger partial charge in [0.05, 0.1) is 0 Å². The lowest BCUT2D eigenvalue weighted by molar-refractivity contribution is 0.394. The Bertz CT molecular complexity index is 70.8. The maximum absolute atomic E-state index is 2.51. The highest BCUT2D eigenvalue weighted by atomic mass is 127. The van der Waals surface area contributed by atoms with Crippen molar-refractivity contribution >= 4 is 34.4 Å². The topological polar surface area (TPSA) is 3.24 Å². The van der Waals surface area contributed by atoms with Gasteiger partial charge < -0.3 is 0 Å². The van der Waals surface area contributed by atoms with Crippen molar-refractivity contribution < 1.29 is 0 Å². The zero-order valence-corrected chi connectivity index (χ0v) is 7.91. The molecule has 0 aromatic carbocycles. The highest BCUT2D eigenvalue weighted by Gasteiger charge is 2.12. The second kappa shape index (κ2) is 3.27. The summed E-state index contributed by atoms with van der Waals surface area (Å²) in [5.41, 5.74) is 0. The summed E-state index contributed by atoms with van der Waals surface area (Å²) in [6.07, 6.45) is 0. The Morgan fingerprint density at radius 3 is 2.88 bits per heavy atom. The van der Waals surface area contributed by atoms with Crippen LogP contribution in [0.4, 0.5) is 0 Å². The summed E-state index contributed by atoms with van der Waals surface area (Å²) in [5.74, 6) is 2.56. The molecule has 1 nitrogen and oxygen atoms in total. The molecular weight excluding hydrogens is 233 g/mol. The maximum atomic E-state index is 2.51. The quantitative estimate of drug-likeness (QED) is 0.467. The largest absolute Gasteiger partial charge is 0.296 e. The van der Waals surface area contributed by atoms with Crippen molar-refractivity contribution in [3.05, 3.63) is 0 Å². The van der Waals surface area contributed by atoms with Gasteiger partial charge in [-0.1, -0.05) is 22.6 Å². The average molecular weight is 243 g/mol. The fourth-order valence-electron chi connectivity index (χ4n) is 0.780. The van der Waals surface area contributed by atoms with E-state index in [0.29, 0.717) is 0 Å². The van der Waals surface area contributed by atoms with E-state index < -0.39 is 0 Å². The van der Waals surface area contributed by atoms with Gasteiger partial charge in [-0.2, -0.15) is 0 Å². The molecule has 1 fully saturated rings. The molecule has 0 aliphatic carbocycles. The minimum atomic E-state index is 0.872. The third-order valence-electron chi connectivity index (χ3n) is 1.12. The van der Waals surface area contributed by atoms with Crippen LogP contribution in [0.3, 0.4) is 0 Å². The molecule has 8 heavy (non-hydrogen) atoms. The second-order valence-electron chi connectivity index (χ2n) is 2.14. The van der Waals surface area contributed by atoms with Gasteiger partial charge in [-0.3, -0.25) is 4.90 Å². The molecule has 1 atom stereocenters. The van der Waals surface area contributed by atoms with Crippen LogP contribution < -0.4 is 0 Å². The van der Waals surface area contributed by atoms with Crippen molar-refractivity contribution in [3.63, 3.8) is 0 Å². The zero-order valence-electron chi connectivity index (χ0n) is 4.93. The smallest absolute Gasteiger partial charge is 0.0442 e. The van der Waals surface area contributed by atoms with Crippen LogP contribution in [0.15, 0.2) is 0 Å². The first-order valence-electron chi connectivity index (χ1n) is 2.69. The number of nitrogens with zero attached hydrogens (tertiary/aromatic N) is 1. The van der Waals surface area contributed by atoms with Crippen LogP contribution in [-0.4, -0.2) is 34.0 Å². The van der Waals surface area contributed by atoms with Crippen LogP contribution >= 0.6 is 34.4 Å². The molecule has 0 N–H and O–H groups in total. The molecule has 3 heteroatoms. The molecule has 0 bridgehead atoms. The molecular formula is C5H10INS. The minimum absolute atomic E-state index is 0.872. The molecule has 1 unspecified atom stereocenters. The molecule has 0 saturated carbocycles. The normalized spacial score (nSPS) is 33.0. The molecule has 1 aliphatic heterocycles. The Morgan fingerprint density at radius 2 is 2.50 bits per heavy atom. The van der Waals surface area contributed by atoms with Crippen molar-refractivity contribution in [3.8, 4) is 0 Å². The van der Waals surface area contributed by atoms with Crippen molar-refractivity contribution in [1.82, 2.24) is 4.90 Å². The third-order valence-corrected chi connectivity index (χ3v) is 3.81. The Morgan fingerprint density at radius 1 is 1.75 bits per heavy atom. The predicted molar refractivity (Wildman–Crippen MR) is 47.8 cm³/mol. The number of halogens is 1. The molecule has 48 valence electrons. The fourth-order valence-corrected chi connectivity index (χ4v) is 3.10. The average Bonchev–Trinajstić information content (AvgIpc) is 1.64. The molecule has 1 heterocycles. The number of alkyl halides is 1. The summed E-state index contributed by atoms with van der Waals surface area (Å²) in [6, 6.07) is 0. The highest BCUT2D eigenvalue weighted by Crippen LogP contribution is 2.17. The van der Waals surface area contributed by atoms with Crippen LogP contribution in [0.25, 0.3) is 0 Å². The van der Waals surface area contributed by atoms with E-state index in [9.17, 15) is 0 Å². The van der Waals surface area contributed by atoms with E-state index in [1.807, 2.05) is 11.8 Å². The summed E-state index contributed by atoms with van der Waals surface area (Å²) in [4.78, 5) is 2.37. The Labute approximate surface area is 68.3 Å². The standard InChI is InChI=1S/C5H10INS/c1-7-2-5(6)3-8-4-7/h5H,2-4H2,1H3. The Balaban J connectivity index is 2.23. The molecule has 1 saturated heterocycles. The Kier molecular flexibility index (Phi) is 2.92. The van der Waals surface area contributed by atoms with Gasteiger partial charge in [0.2, 0.25) is 0 Å². The van der Waals surface area contributed by atoms with Crippen LogP contribution in [0.5, 0.6) is 0 Å². The molecule has 0 aromatic heterocycles. The van der Waals surface area contributed by atoms with Gasteiger partial charge in [0.1, 0.15) is 0 Å². The van der Waals surface area contributed by atoms with Crippen molar-refractivity contribution in [2.75, 3.05) is 25.2 Å². The second-order valence-corrected chi connectivity index (χ2v) is 4.90. The summed E-state index contributed by atoms with van der Waals surface area (Å²) in [6.45, 7) is 1.27. The maximum Gasteiger partial charge on any atom is 0.0442 e. The molecule has 0 radical (unpaired) electrons. The van der Waals surface area contributed by atoms with E-state index in [4.69, 9.17) is 0 Å². The molecule has 0 amide bonds. The van der Waals surface area contributed by atoms with Gasteiger partial charge >= 0.3 is 0 Å². The van der Waals surface area contributed by atoms with Crippen LogP contribution in [0.2, 0.25) is 0 Å². The van der Waals surface area contributed by atoms with Gasteiger partial charge in [0.15, 0.2) is 0 Å². The van der Waals surface area contributed by atoms with Crippen LogP contribution in [0.1, 0.15) is 0 Å². The Hall–Kier alpha value is 1.04. The first-order valence-corrected chi connectivity index (χ1v) is 5.09. The zero-order chi connectivity index (χ0) is 5.98. The van der Waals surface area contributed by atoms with Gasteiger partial charge in [-0.05, 0) is 7.05 Å². The van der Waals surface area contributed by atoms with Gasteiger partial charge in [0.25, 0.3) is 0 Å². The summed E-state index contributed by atoms with van der Waals surface area (Å²) < 4.78 is 0.872. The van der Waals surface area contributed by atoms with Gasteiger partial charge in [-0.25, -0.2) is 0 Å². The monoisotopic (exact) mass is 243 g/mol. The van der Waals surface area contributed by atoms with E-state index in [2.05, 4.69) is 34.5 Å².